The first kappa shape index (κ1) is 81.0. The number of nitrogens with zero attached hydrogens (tertiary/aromatic N) is 4. The lowest BCUT2D eigenvalue weighted by Crippen LogP contribution is -2.58. The van der Waals surface area contributed by atoms with Crippen LogP contribution in [0.25, 0.3) is 0 Å². The Morgan fingerprint density at radius 3 is 1.40 bits per heavy atom. The van der Waals surface area contributed by atoms with Crippen molar-refractivity contribution in [3.63, 3.8) is 0 Å². The number of aliphatic carboxylic acids is 2. The van der Waals surface area contributed by atoms with Crippen LogP contribution in [0.1, 0.15) is 140 Å². The van der Waals surface area contributed by atoms with Gasteiger partial charge in [-0.1, -0.05) is 13.8 Å². The molecule has 0 radical (unpaired) electrons. The fourth-order valence-electron chi connectivity index (χ4n) is 9.14. The van der Waals surface area contributed by atoms with Crippen LogP contribution < -0.4 is 72.5 Å². The van der Waals surface area contributed by atoms with E-state index in [1.54, 1.807) is 27.7 Å². The Balaban J connectivity index is 3.37. The molecule has 0 saturated carbocycles. The van der Waals surface area contributed by atoms with Crippen molar-refractivity contribution >= 4 is 70.7 Å². The molecule has 0 spiro atoms. The summed E-state index contributed by atoms with van der Waals surface area (Å²) in [6.07, 6.45) is 1.21. The molecule has 4 unspecified atom stereocenters. The van der Waals surface area contributed by atoms with E-state index in [1.165, 1.54) is 13.8 Å². The topological polar surface area (TPSA) is 551 Å². The highest BCUT2D eigenvalue weighted by atomic mass is 16.5. The second-order valence-corrected chi connectivity index (χ2v) is 22.8. The molecule has 0 bridgehead atoms. The average Bonchev–Trinajstić information content (AvgIpc) is 0.862. The van der Waals surface area contributed by atoms with E-state index in [9.17, 15) is 48.6 Å². The Morgan fingerprint density at radius 1 is 0.500 bits per heavy atom. The number of anilines is 2. The minimum absolute atomic E-state index is 0.00997. The van der Waals surface area contributed by atoms with Crippen molar-refractivity contribution in [3.8, 4) is 0 Å². The van der Waals surface area contributed by atoms with E-state index in [0.29, 0.717) is 112 Å². The van der Waals surface area contributed by atoms with Crippen LogP contribution in [0.15, 0.2) is 9.98 Å². The number of nitrogens with two attached hydrogens (primary N) is 8. The first-order valence-electron chi connectivity index (χ1n) is 30.4. The van der Waals surface area contributed by atoms with Crippen molar-refractivity contribution in [3.05, 3.63) is 11.4 Å². The van der Waals surface area contributed by atoms with Crippen molar-refractivity contribution in [2.75, 3.05) is 130 Å². The number of Topliss-reactive ketones (excluding diaryl/α,β-unsaturated/α-hetero) is 2. The normalized spacial score (nSPS) is 13.1. The summed E-state index contributed by atoms with van der Waals surface area (Å²) in [4.78, 5) is 125. The fourth-order valence-corrected chi connectivity index (χ4v) is 9.14. The van der Waals surface area contributed by atoms with Gasteiger partial charge in [0.1, 0.15) is 11.8 Å². The summed E-state index contributed by atoms with van der Waals surface area (Å²) < 4.78 is 33.0. The third kappa shape index (κ3) is 33.2. The molecule has 0 aliphatic carbocycles. The molecule has 1 rings (SSSR count). The Morgan fingerprint density at radius 2 is 0.933 bits per heavy atom. The number of ketones is 2. The Bertz CT molecular complexity index is 2430. The third-order valence-corrected chi connectivity index (χ3v) is 14.2. The van der Waals surface area contributed by atoms with Gasteiger partial charge < -0.3 is 111 Å². The lowest BCUT2D eigenvalue weighted by Gasteiger charge is -2.41. The lowest BCUT2D eigenvalue weighted by atomic mass is 9.65. The zero-order chi connectivity index (χ0) is 67.7. The summed E-state index contributed by atoms with van der Waals surface area (Å²) in [5.74, 6) is -11.0. The van der Waals surface area contributed by atoms with Crippen LogP contribution in [-0.2, 0) is 57.2 Å². The molecule has 33 heteroatoms. The van der Waals surface area contributed by atoms with E-state index in [0.717, 1.165) is 12.8 Å². The second kappa shape index (κ2) is 44.5. The number of amides is 4. The van der Waals surface area contributed by atoms with Crippen molar-refractivity contribution in [2.24, 2.45) is 61.6 Å². The number of carbonyl (C=O) groups is 8. The second-order valence-electron chi connectivity index (χ2n) is 22.8. The molecule has 1 aromatic rings. The number of nitrogens with one attached hydrogen (secondary N) is 5. The summed E-state index contributed by atoms with van der Waals surface area (Å²) in [5, 5.41) is 33.3. The minimum atomic E-state index is -1.59. The van der Waals surface area contributed by atoms with Gasteiger partial charge in [0.05, 0.1) is 64.4 Å². The van der Waals surface area contributed by atoms with Crippen LogP contribution in [-0.4, -0.2) is 221 Å². The van der Waals surface area contributed by atoms with Crippen molar-refractivity contribution < 1.29 is 77.0 Å². The zero-order valence-electron chi connectivity index (χ0n) is 53.5. The first-order valence-corrected chi connectivity index (χ1v) is 30.4. The molecule has 0 saturated heterocycles. The van der Waals surface area contributed by atoms with E-state index < -0.39 is 123 Å². The standard InChI is InChI=1S/C57H105N17O16/c1-55(2,38(13-7-21-67-53(62)63)49(81)66-23-11-27-87-31-35-89-33-29-85-25-9-19-58)45(79)37(15-17-41(75)76)56(3,4)74-52(84)44-48(61)72-43(47(60)73-44)51(83)71-40(14-8-22-68-54(64)65)50(82)70-39(16-18-42(77)78)46(80)57(5,6)69-24-12-28-88-32-36-90-34-30-86-26-10-20-59/h37-40,69H,7-36,58-59H2,1-6H3,(H2,60,73)(H2,61,72)(H,66,81)(H,70,82)(H,71,83)(H,74,84)(H,75,76)(H,77,78)(H4,62,63,67)(H4,64,65,68). The quantitative estimate of drug-likeness (QED) is 0.0191. The van der Waals surface area contributed by atoms with E-state index in [2.05, 4.69) is 46.5 Å². The van der Waals surface area contributed by atoms with Gasteiger partial charge in [-0.3, -0.25) is 48.3 Å². The maximum atomic E-state index is 15.0. The van der Waals surface area contributed by atoms with Gasteiger partial charge in [0, 0.05) is 81.7 Å². The molecule has 1 heterocycles. The SMILES string of the molecule is CC(C)(NCCCOCCOCCOCCCN)C(=O)C(CCC(=O)O)NC(=O)C(CCCN=C(N)N)NC(=O)c1nc(N)c(C(=O)NC(C)(C)C(CCC(=O)O)C(=O)C(C)(C)C(CCCN=C(N)N)C(=O)NCCCOCCOCCOCCCN)nc1N. The number of ether oxygens (including phenoxy) is 6. The third-order valence-electron chi connectivity index (χ3n) is 14.2. The molecule has 514 valence electrons. The number of nitrogen functional groups attached to an aromatic ring is 2. The van der Waals surface area contributed by atoms with Crippen LogP contribution in [0.5, 0.6) is 0 Å². The highest BCUT2D eigenvalue weighted by Gasteiger charge is 2.48. The van der Waals surface area contributed by atoms with Crippen molar-refractivity contribution in [1.82, 2.24) is 36.6 Å². The molecular formula is C57H105N17O16. The van der Waals surface area contributed by atoms with Gasteiger partial charge in [0.2, 0.25) is 11.8 Å². The molecule has 0 aromatic carbocycles. The fraction of sp³-hybridized carbons (Fsp3) is 0.754. The molecule has 0 fully saturated rings. The molecule has 4 amide bonds. The number of rotatable bonds is 54. The Hall–Kier alpha value is -6.98. The summed E-state index contributed by atoms with van der Waals surface area (Å²) in [6, 6.07) is -2.81. The van der Waals surface area contributed by atoms with E-state index >= 15 is 0 Å². The van der Waals surface area contributed by atoms with Crippen LogP contribution in [0.3, 0.4) is 0 Å². The number of hydrogen-bond donors (Lipinski definition) is 15. The molecule has 90 heavy (non-hydrogen) atoms. The van der Waals surface area contributed by atoms with Crippen LogP contribution in [0.4, 0.5) is 11.6 Å². The Kier molecular flexibility index (Phi) is 40.0. The number of carboxylic acid groups (broad SMARTS) is 2. The summed E-state index contributed by atoms with van der Waals surface area (Å²) >= 11 is 0. The van der Waals surface area contributed by atoms with Gasteiger partial charge in [-0.2, -0.15) is 0 Å². The molecule has 0 aliphatic rings. The smallest absolute Gasteiger partial charge is 0.303 e. The minimum Gasteiger partial charge on any atom is -0.481 e. The van der Waals surface area contributed by atoms with E-state index in [-0.39, 0.29) is 70.1 Å². The van der Waals surface area contributed by atoms with E-state index in [1.807, 2.05) is 0 Å². The average molecular weight is 1280 g/mol. The summed E-state index contributed by atoms with van der Waals surface area (Å²) in [7, 11) is 0. The highest BCUT2D eigenvalue weighted by molar-refractivity contribution is 6.03. The molecule has 0 aliphatic heterocycles. The molecule has 23 N–H and O–H groups in total. The zero-order valence-corrected chi connectivity index (χ0v) is 53.5. The summed E-state index contributed by atoms with van der Waals surface area (Å²) in [5.41, 5.74) is 40.0. The molecule has 1 aromatic heterocycles. The Labute approximate surface area is 527 Å². The van der Waals surface area contributed by atoms with Gasteiger partial charge >= 0.3 is 11.9 Å². The largest absolute Gasteiger partial charge is 0.481 e. The number of aliphatic imine (C=N–C) groups is 2. The maximum Gasteiger partial charge on any atom is 0.303 e. The highest BCUT2D eigenvalue weighted by Crippen LogP contribution is 2.39. The predicted octanol–water partition coefficient (Wildman–Crippen LogP) is -1.97. The van der Waals surface area contributed by atoms with Gasteiger partial charge in [-0.15, -0.1) is 0 Å². The van der Waals surface area contributed by atoms with Gasteiger partial charge in [0.15, 0.2) is 40.7 Å². The molecular weight excluding hydrogens is 1180 g/mol. The van der Waals surface area contributed by atoms with Crippen LogP contribution >= 0.6 is 0 Å². The lowest BCUT2D eigenvalue weighted by molar-refractivity contribution is -0.144. The predicted molar refractivity (Wildman–Crippen MR) is 337 cm³/mol. The van der Waals surface area contributed by atoms with Gasteiger partial charge in [-0.05, 0) is 112 Å². The van der Waals surface area contributed by atoms with Gasteiger partial charge in [0.25, 0.3) is 11.8 Å². The number of guanidine groups is 2. The number of carbonyl (C=O) groups excluding carboxylic acids is 6. The van der Waals surface area contributed by atoms with Crippen molar-refractivity contribution in [1.29, 1.82) is 0 Å². The molecule has 33 nitrogen and oxygen atoms in total. The van der Waals surface area contributed by atoms with E-state index in [4.69, 9.17) is 74.3 Å². The van der Waals surface area contributed by atoms with Gasteiger partial charge in [-0.25, -0.2) is 9.97 Å². The van der Waals surface area contributed by atoms with Crippen LogP contribution in [0.2, 0.25) is 0 Å². The summed E-state index contributed by atoms with van der Waals surface area (Å²) in [6.45, 7) is 15.7. The van der Waals surface area contributed by atoms with Crippen LogP contribution in [0, 0.1) is 17.3 Å². The van der Waals surface area contributed by atoms with Crippen molar-refractivity contribution in [2.45, 2.75) is 142 Å². The number of aromatic nitrogens is 2. The monoisotopic (exact) mass is 1280 g/mol. The maximum absolute atomic E-state index is 15.0. The number of carboxylic acids is 2. The molecule has 4 atom stereocenters. The first-order chi connectivity index (χ1) is 42.5. The number of hydrogen-bond acceptors (Lipinski definition) is 23.